The standard InChI is InChI=1S/C16H17Cl2N3O/c1-11-5-2-3-8-21(11)10-12(9-19)16(22)20-14-7-4-6-13(17)15(14)18/h4,6-7,10-11H,2-3,5,8H2,1H3,(H,20,22)/b12-10-. The molecule has 0 aromatic heterocycles. The molecule has 1 fully saturated rings. The Morgan fingerprint density at radius 1 is 1.45 bits per heavy atom. The molecule has 0 aliphatic carbocycles. The van der Waals surface area contributed by atoms with Gasteiger partial charge in [0.2, 0.25) is 0 Å². The molecule has 0 saturated carbocycles. The Kier molecular flexibility index (Phi) is 5.70. The van der Waals surface area contributed by atoms with Crippen LogP contribution in [0, 0.1) is 11.3 Å². The molecule has 1 aromatic rings. The Balaban J connectivity index is 2.15. The Hall–Kier alpha value is -1.70. The highest BCUT2D eigenvalue weighted by atomic mass is 35.5. The molecule has 1 amide bonds. The first-order valence-electron chi connectivity index (χ1n) is 7.16. The summed E-state index contributed by atoms with van der Waals surface area (Å²) in [6.07, 6.45) is 4.95. The van der Waals surface area contributed by atoms with Crippen molar-refractivity contribution in [1.82, 2.24) is 4.90 Å². The van der Waals surface area contributed by atoms with Gasteiger partial charge in [0.25, 0.3) is 5.91 Å². The number of hydrogen-bond donors (Lipinski definition) is 1. The van der Waals surface area contributed by atoms with Crippen molar-refractivity contribution in [2.75, 3.05) is 11.9 Å². The molecule has 1 atom stereocenters. The molecule has 1 heterocycles. The third kappa shape index (κ3) is 3.94. The molecule has 1 aromatic carbocycles. The highest BCUT2D eigenvalue weighted by Crippen LogP contribution is 2.29. The Morgan fingerprint density at radius 2 is 2.23 bits per heavy atom. The number of halogens is 2. The van der Waals surface area contributed by atoms with E-state index in [0.717, 1.165) is 19.4 Å². The molecule has 4 nitrogen and oxygen atoms in total. The summed E-state index contributed by atoms with van der Waals surface area (Å²) in [5.41, 5.74) is 0.455. The lowest BCUT2D eigenvalue weighted by atomic mass is 10.0. The number of nitrogens with one attached hydrogen (secondary N) is 1. The molecule has 116 valence electrons. The second-order valence-corrected chi connectivity index (χ2v) is 6.08. The van der Waals surface area contributed by atoms with Crippen LogP contribution in [0.5, 0.6) is 0 Å². The van der Waals surface area contributed by atoms with Gasteiger partial charge in [0.1, 0.15) is 11.6 Å². The summed E-state index contributed by atoms with van der Waals surface area (Å²) in [4.78, 5) is 14.3. The second kappa shape index (κ2) is 7.53. The van der Waals surface area contributed by atoms with Crippen molar-refractivity contribution in [3.63, 3.8) is 0 Å². The zero-order valence-corrected chi connectivity index (χ0v) is 13.8. The predicted molar refractivity (Wildman–Crippen MR) is 88.8 cm³/mol. The first kappa shape index (κ1) is 16.7. The summed E-state index contributed by atoms with van der Waals surface area (Å²) in [5.74, 6) is -0.482. The maximum atomic E-state index is 12.3. The molecule has 1 unspecified atom stereocenters. The van der Waals surface area contributed by atoms with Gasteiger partial charge in [-0.3, -0.25) is 4.79 Å². The number of rotatable bonds is 3. The minimum atomic E-state index is -0.482. The van der Waals surface area contributed by atoms with Crippen molar-refractivity contribution in [3.05, 3.63) is 40.0 Å². The van der Waals surface area contributed by atoms with E-state index in [1.54, 1.807) is 24.4 Å². The normalized spacial score (nSPS) is 18.7. The lowest BCUT2D eigenvalue weighted by Crippen LogP contribution is -2.34. The van der Waals surface area contributed by atoms with Crippen LogP contribution in [0.3, 0.4) is 0 Å². The van der Waals surface area contributed by atoms with Crippen molar-refractivity contribution in [2.24, 2.45) is 0 Å². The van der Waals surface area contributed by atoms with Gasteiger partial charge in [-0.25, -0.2) is 0 Å². The molecule has 2 rings (SSSR count). The highest BCUT2D eigenvalue weighted by molar-refractivity contribution is 6.44. The minimum absolute atomic E-state index is 0.0600. The summed E-state index contributed by atoms with van der Waals surface area (Å²) in [6, 6.07) is 7.25. The number of hydrogen-bond acceptors (Lipinski definition) is 3. The van der Waals surface area contributed by atoms with Crippen LogP contribution < -0.4 is 5.32 Å². The maximum absolute atomic E-state index is 12.3. The summed E-state index contributed by atoms with van der Waals surface area (Å²) < 4.78 is 0. The molecule has 1 saturated heterocycles. The fraction of sp³-hybridized carbons (Fsp3) is 0.375. The zero-order valence-electron chi connectivity index (χ0n) is 12.3. The summed E-state index contributed by atoms with van der Waals surface area (Å²) >= 11 is 12.0. The van der Waals surface area contributed by atoms with Gasteiger partial charge in [0.15, 0.2) is 0 Å². The monoisotopic (exact) mass is 337 g/mol. The third-order valence-corrected chi connectivity index (χ3v) is 4.53. The lowest BCUT2D eigenvalue weighted by Gasteiger charge is -2.32. The van der Waals surface area contributed by atoms with Gasteiger partial charge in [-0.05, 0) is 38.3 Å². The number of likely N-dealkylation sites (tertiary alicyclic amines) is 1. The van der Waals surface area contributed by atoms with E-state index in [4.69, 9.17) is 23.2 Å². The number of carbonyl (C=O) groups excluding carboxylic acids is 1. The van der Waals surface area contributed by atoms with E-state index < -0.39 is 5.91 Å². The number of benzene rings is 1. The van der Waals surface area contributed by atoms with Crippen LogP contribution in [0.4, 0.5) is 5.69 Å². The van der Waals surface area contributed by atoms with Crippen LogP contribution in [-0.2, 0) is 4.79 Å². The van der Waals surface area contributed by atoms with Gasteiger partial charge in [0, 0.05) is 18.8 Å². The summed E-state index contributed by atoms with van der Waals surface area (Å²) in [5, 5.41) is 12.5. The fourth-order valence-corrected chi connectivity index (χ4v) is 2.75. The second-order valence-electron chi connectivity index (χ2n) is 5.29. The minimum Gasteiger partial charge on any atom is -0.373 e. The maximum Gasteiger partial charge on any atom is 0.267 e. The molecule has 6 heteroatoms. The number of carbonyl (C=O) groups is 1. The topological polar surface area (TPSA) is 56.1 Å². The predicted octanol–water partition coefficient (Wildman–Crippen LogP) is 4.21. The van der Waals surface area contributed by atoms with Gasteiger partial charge in [0.05, 0.1) is 15.7 Å². The number of amides is 1. The summed E-state index contributed by atoms with van der Waals surface area (Å²) in [6.45, 7) is 2.95. The van der Waals surface area contributed by atoms with Crippen molar-refractivity contribution >= 4 is 34.8 Å². The van der Waals surface area contributed by atoms with Gasteiger partial charge < -0.3 is 10.2 Å². The molecule has 0 spiro atoms. The largest absolute Gasteiger partial charge is 0.373 e. The smallest absolute Gasteiger partial charge is 0.267 e. The number of nitriles is 1. The van der Waals surface area contributed by atoms with Crippen LogP contribution >= 0.6 is 23.2 Å². The molecule has 0 bridgehead atoms. The van der Waals surface area contributed by atoms with E-state index in [2.05, 4.69) is 12.2 Å². The van der Waals surface area contributed by atoms with Crippen LogP contribution in [0.2, 0.25) is 10.0 Å². The molecule has 1 N–H and O–H groups in total. The van der Waals surface area contributed by atoms with Crippen molar-refractivity contribution in [3.8, 4) is 6.07 Å². The molecule has 0 radical (unpaired) electrons. The molecule has 1 aliphatic heterocycles. The van der Waals surface area contributed by atoms with Crippen molar-refractivity contribution < 1.29 is 4.79 Å². The number of nitrogens with zero attached hydrogens (tertiary/aromatic N) is 2. The Morgan fingerprint density at radius 3 is 2.91 bits per heavy atom. The van der Waals surface area contributed by atoms with E-state index in [1.165, 1.54) is 6.42 Å². The van der Waals surface area contributed by atoms with Crippen molar-refractivity contribution in [2.45, 2.75) is 32.2 Å². The third-order valence-electron chi connectivity index (χ3n) is 3.71. The quantitative estimate of drug-likeness (QED) is 0.663. The summed E-state index contributed by atoms with van der Waals surface area (Å²) in [7, 11) is 0. The van der Waals surface area contributed by atoms with Crippen LogP contribution in [-0.4, -0.2) is 23.4 Å². The first-order chi connectivity index (χ1) is 10.5. The SMILES string of the molecule is CC1CCCCN1/C=C(/C#N)C(=O)Nc1cccc(Cl)c1Cl. The van der Waals surface area contributed by atoms with E-state index in [0.29, 0.717) is 16.8 Å². The van der Waals surface area contributed by atoms with E-state index in [9.17, 15) is 10.1 Å². The molecular formula is C16H17Cl2N3O. The lowest BCUT2D eigenvalue weighted by molar-refractivity contribution is -0.112. The highest BCUT2D eigenvalue weighted by Gasteiger charge is 2.19. The molecule has 1 aliphatic rings. The molecular weight excluding hydrogens is 321 g/mol. The number of piperidine rings is 1. The van der Waals surface area contributed by atoms with E-state index in [1.807, 2.05) is 11.0 Å². The van der Waals surface area contributed by atoms with Gasteiger partial charge in [-0.1, -0.05) is 29.3 Å². The van der Waals surface area contributed by atoms with Gasteiger partial charge in [-0.2, -0.15) is 5.26 Å². The van der Waals surface area contributed by atoms with Crippen LogP contribution in [0.15, 0.2) is 30.0 Å². The van der Waals surface area contributed by atoms with E-state index >= 15 is 0 Å². The van der Waals surface area contributed by atoms with Crippen LogP contribution in [0.25, 0.3) is 0 Å². The average Bonchev–Trinajstić information content (AvgIpc) is 2.51. The first-order valence-corrected chi connectivity index (χ1v) is 7.91. The number of anilines is 1. The average molecular weight is 338 g/mol. The zero-order chi connectivity index (χ0) is 16.1. The molecule has 22 heavy (non-hydrogen) atoms. The van der Waals surface area contributed by atoms with Gasteiger partial charge >= 0.3 is 0 Å². The van der Waals surface area contributed by atoms with Gasteiger partial charge in [-0.15, -0.1) is 0 Å². The van der Waals surface area contributed by atoms with E-state index in [-0.39, 0.29) is 10.6 Å². The Bertz CT molecular complexity index is 637. The van der Waals surface area contributed by atoms with Crippen LogP contribution in [0.1, 0.15) is 26.2 Å². The Labute approximate surface area is 140 Å². The van der Waals surface area contributed by atoms with Crippen molar-refractivity contribution in [1.29, 1.82) is 5.26 Å². The fourth-order valence-electron chi connectivity index (χ4n) is 2.41.